The molecule has 4 nitrogen and oxygen atoms in total. The largest absolute Gasteiger partial charge is 0.481 e. The molecule has 1 rings (SSSR count). The molecule has 21 heavy (non-hydrogen) atoms. The summed E-state index contributed by atoms with van der Waals surface area (Å²) in [5.41, 5.74) is 0.524. The number of ether oxygens (including phenoxy) is 2. The van der Waals surface area contributed by atoms with E-state index in [1.807, 2.05) is 57.2 Å². The number of alkyl carbamates (subject to hydrolysis) is 1. The van der Waals surface area contributed by atoms with Crippen molar-refractivity contribution in [3.63, 3.8) is 0 Å². The molecule has 4 heteroatoms. The Hall–Kier alpha value is -2.41. The van der Waals surface area contributed by atoms with Gasteiger partial charge in [-0.1, -0.05) is 30.2 Å². The van der Waals surface area contributed by atoms with Crippen LogP contribution in [-0.2, 0) is 4.74 Å². The fourth-order valence-electron chi connectivity index (χ4n) is 1.45. The number of amides is 1. The average Bonchev–Trinajstić information content (AvgIpc) is 2.41. The number of terminal acetylenes is 1. The highest BCUT2D eigenvalue weighted by molar-refractivity contribution is 5.68. The molecule has 1 N–H and O–H groups in total. The fourth-order valence-corrected chi connectivity index (χ4v) is 1.45. The minimum Gasteiger partial charge on any atom is -0.481 e. The maximum absolute atomic E-state index is 11.4. The van der Waals surface area contributed by atoms with Crippen LogP contribution in [-0.4, -0.2) is 24.8 Å². The van der Waals surface area contributed by atoms with Crippen LogP contribution >= 0.6 is 0 Å². The van der Waals surface area contributed by atoms with E-state index in [9.17, 15) is 4.79 Å². The van der Waals surface area contributed by atoms with E-state index < -0.39 is 11.7 Å². The monoisotopic (exact) mass is 287 g/mol. The standard InChI is InChI=1S/C17H21NO3/c1-5-13-20-15-10-8-14(9-11-15)7-6-12-18-16(19)21-17(2,3)4/h1,6-11H,12-13H2,2-4H3,(H,18,19). The molecular formula is C17H21NO3. The van der Waals surface area contributed by atoms with Gasteiger partial charge in [0.1, 0.15) is 18.0 Å². The van der Waals surface area contributed by atoms with E-state index in [4.69, 9.17) is 15.9 Å². The quantitative estimate of drug-likeness (QED) is 0.846. The zero-order valence-electron chi connectivity index (χ0n) is 12.7. The van der Waals surface area contributed by atoms with Crippen LogP contribution in [0.1, 0.15) is 26.3 Å². The third kappa shape index (κ3) is 7.68. The van der Waals surface area contributed by atoms with Gasteiger partial charge in [-0.2, -0.15) is 0 Å². The molecule has 0 radical (unpaired) electrons. The van der Waals surface area contributed by atoms with Crippen LogP contribution in [0.15, 0.2) is 30.3 Å². The van der Waals surface area contributed by atoms with E-state index in [0.29, 0.717) is 6.54 Å². The van der Waals surface area contributed by atoms with Crippen molar-refractivity contribution in [2.75, 3.05) is 13.2 Å². The molecule has 0 saturated heterocycles. The molecule has 0 aliphatic carbocycles. The Labute approximate surface area is 126 Å². The average molecular weight is 287 g/mol. The molecule has 0 aliphatic heterocycles. The molecule has 0 atom stereocenters. The fraction of sp³-hybridized carbons (Fsp3) is 0.353. The van der Waals surface area contributed by atoms with Crippen LogP contribution in [0.3, 0.4) is 0 Å². The Balaban J connectivity index is 2.37. The van der Waals surface area contributed by atoms with Gasteiger partial charge in [-0.3, -0.25) is 0 Å². The lowest BCUT2D eigenvalue weighted by Gasteiger charge is -2.19. The Kier molecular flexibility index (Phi) is 6.35. The minimum absolute atomic E-state index is 0.259. The second-order valence-corrected chi connectivity index (χ2v) is 5.35. The van der Waals surface area contributed by atoms with Crippen LogP contribution in [0.25, 0.3) is 6.08 Å². The van der Waals surface area contributed by atoms with Crippen molar-refractivity contribution in [2.45, 2.75) is 26.4 Å². The van der Waals surface area contributed by atoms with Gasteiger partial charge in [-0.05, 0) is 38.5 Å². The SMILES string of the molecule is C#CCOc1ccc(C=CCNC(=O)OC(C)(C)C)cc1. The van der Waals surface area contributed by atoms with Gasteiger partial charge >= 0.3 is 6.09 Å². The molecule has 0 unspecified atom stereocenters. The number of nitrogens with one attached hydrogen (secondary N) is 1. The summed E-state index contributed by atoms with van der Waals surface area (Å²) < 4.78 is 10.4. The van der Waals surface area contributed by atoms with Crippen molar-refractivity contribution in [1.29, 1.82) is 0 Å². The first kappa shape index (κ1) is 16.6. The van der Waals surface area contributed by atoms with E-state index in [1.54, 1.807) is 0 Å². The highest BCUT2D eigenvalue weighted by Gasteiger charge is 2.14. The van der Waals surface area contributed by atoms with Gasteiger partial charge in [0, 0.05) is 6.54 Å². The van der Waals surface area contributed by atoms with Gasteiger partial charge in [0.15, 0.2) is 0 Å². The summed E-state index contributed by atoms with van der Waals surface area (Å²) in [5.74, 6) is 3.14. The zero-order chi connectivity index (χ0) is 15.7. The lowest BCUT2D eigenvalue weighted by molar-refractivity contribution is 0.0534. The summed E-state index contributed by atoms with van der Waals surface area (Å²) in [6, 6.07) is 7.52. The molecule has 1 aromatic rings. The van der Waals surface area contributed by atoms with Crippen molar-refractivity contribution in [3.8, 4) is 18.1 Å². The van der Waals surface area contributed by atoms with E-state index >= 15 is 0 Å². The van der Waals surface area contributed by atoms with Crippen LogP contribution < -0.4 is 10.1 Å². The van der Waals surface area contributed by atoms with Crippen molar-refractivity contribution in [2.24, 2.45) is 0 Å². The lowest BCUT2D eigenvalue weighted by Crippen LogP contribution is -2.32. The van der Waals surface area contributed by atoms with Gasteiger partial charge in [0.2, 0.25) is 0 Å². The topological polar surface area (TPSA) is 47.6 Å². The number of carbonyl (C=O) groups excluding carboxylic acids is 1. The molecule has 112 valence electrons. The number of benzene rings is 1. The summed E-state index contributed by atoms with van der Waals surface area (Å²) in [5, 5.41) is 2.65. The van der Waals surface area contributed by atoms with Crippen molar-refractivity contribution < 1.29 is 14.3 Å². The number of rotatable bonds is 5. The maximum Gasteiger partial charge on any atom is 0.407 e. The summed E-state index contributed by atoms with van der Waals surface area (Å²) >= 11 is 0. The first-order valence-corrected chi connectivity index (χ1v) is 6.70. The number of hydrogen-bond donors (Lipinski definition) is 1. The van der Waals surface area contributed by atoms with E-state index in [-0.39, 0.29) is 6.61 Å². The lowest BCUT2D eigenvalue weighted by atomic mass is 10.2. The molecule has 0 heterocycles. The van der Waals surface area contributed by atoms with Gasteiger partial charge < -0.3 is 14.8 Å². The van der Waals surface area contributed by atoms with Crippen LogP contribution in [0.5, 0.6) is 5.75 Å². The Morgan fingerprint density at radius 2 is 2.00 bits per heavy atom. The minimum atomic E-state index is -0.484. The second kappa shape index (κ2) is 8.01. The number of hydrogen-bond acceptors (Lipinski definition) is 3. The first-order chi connectivity index (χ1) is 9.90. The molecule has 0 saturated carbocycles. The number of carbonyl (C=O) groups is 1. The van der Waals surface area contributed by atoms with Crippen LogP contribution in [0, 0.1) is 12.3 Å². The van der Waals surface area contributed by atoms with Gasteiger partial charge in [0.05, 0.1) is 0 Å². The predicted octanol–water partition coefficient (Wildman–Crippen LogP) is 3.24. The Morgan fingerprint density at radius 1 is 1.33 bits per heavy atom. The molecule has 0 fully saturated rings. The normalized spacial score (nSPS) is 11.0. The molecule has 0 bridgehead atoms. The molecule has 0 aromatic heterocycles. The molecule has 0 aliphatic rings. The second-order valence-electron chi connectivity index (χ2n) is 5.35. The van der Waals surface area contributed by atoms with Crippen molar-refractivity contribution in [1.82, 2.24) is 5.32 Å². The predicted molar refractivity (Wildman–Crippen MR) is 84.0 cm³/mol. The van der Waals surface area contributed by atoms with Crippen LogP contribution in [0.2, 0.25) is 0 Å². The summed E-state index contributed by atoms with van der Waals surface area (Å²) in [6.45, 7) is 6.14. The van der Waals surface area contributed by atoms with Gasteiger partial charge in [-0.25, -0.2) is 4.79 Å². The van der Waals surface area contributed by atoms with E-state index in [1.165, 1.54) is 0 Å². The smallest absolute Gasteiger partial charge is 0.407 e. The molecule has 1 amide bonds. The summed E-state index contributed by atoms with van der Waals surface area (Å²) in [7, 11) is 0. The van der Waals surface area contributed by atoms with E-state index in [0.717, 1.165) is 11.3 Å². The Morgan fingerprint density at radius 3 is 2.57 bits per heavy atom. The maximum atomic E-state index is 11.4. The van der Waals surface area contributed by atoms with Crippen molar-refractivity contribution in [3.05, 3.63) is 35.9 Å². The summed E-state index contributed by atoms with van der Waals surface area (Å²) in [6.07, 6.45) is 8.45. The van der Waals surface area contributed by atoms with Crippen LogP contribution in [0.4, 0.5) is 4.79 Å². The highest BCUT2D eigenvalue weighted by atomic mass is 16.6. The zero-order valence-corrected chi connectivity index (χ0v) is 12.7. The highest BCUT2D eigenvalue weighted by Crippen LogP contribution is 2.12. The van der Waals surface area contributed by atoms with Gasteiger partial charge in [0.25, 0.3) is 0 Å². The first-order valence-electron chi connectivity index (χ1n) is 6.70. The van der Waals surface area contributed by atoms with E-state index in [2.05, 4.69) is 11.2 Å². The molecular weight excluding hydrogens is 266 g/mol. The van der Waals surface area contributed by atoms with Crippen molar-refractivity contribution >= 4 is 12.2 Å². The molecule has 1 aromatic carbocycles. The molecule has 0 spiro atoms. The summed E-state index contributed by atoms with van der Waals surface area (Å²) in [4.78, 5) is 11.4. The third-order valence-electron chi connectivity index (χ3n) is 2.28. The van der Waals surface area contributed by atoms with Gasteiger partial charge in [-0.15, -0.1) is 6.42 Å². The Bertz CT molecular complexity index is 518. The third-order valence-corrected chi connectivity index (χ3v) is 2.28.